The smallest absolute Gasteiger partial charge is 0.193 e. The number of nitrogens with one attached hydrogen (secondary N) is 1. The molecule has 1 heterocycles. The fourth-order valence-electron chi connectivity index (χ4n) is 1.80. The summed E-state index contributed by atoms with van der Waals surface area (Å²) in [5.41, 5.74) is 2.07. The zero-order valence-corrected chi connectivity index (χ0v) is 15.3. The summed E-state index contributed by atoms with van der Waals surface area (Å²) in [5.74, 6) is 0.837. The molecule has 0 amide bonds. The van der Waals surface area contributed by atoms with E-state index in [9.17, 15) is 0 Å². The topological polar surface area (TPSA) is 45.5 Å². The summed E-state index contributed by atoms with van der Waals surface area (Å²) in [4.78, 5) is 6.10. The minimum atomic E-state index is 0. The normalized spacial score (nSPS) is 11.0. The molecule has 0 atom stereocenters. The number of aliphatic imine (C=N–C) groups is 1. The Bertz CT molecular complexity index is 592. The molecule has 0 aliphatic rings. The average molecular weight is 420 g/mol. The summed E-state index contributed by atoms with van der Waals surface area (Å²) in [6.07, 6.45) is 3.82. The Morgan fingerprint density at radius 2 is 2.00 bits per heavy atom. The maximum atomic E-state index is 5.88. The van der Waals surface area contributed by atoms with Gasteiger partial charge in [-0.25, -0.2) is 4.68 Å². The predicted molar refractivity (Wildman–Crippen MR) is 97.9 cm³/mol. The van der Waals surface area contributed by atoms with E-state index in [1.807, 2.05) is 60.3 Å². The van der Waals surface area contributed by atoms with Crippen LogP contribution in [0.15, 0.2) is 41.7 Å². The van der Waals surface area contributed by atoms with Gasteiger partial charge in [0.1, 0.15) is 0 Å². The van der Waals surface area contributed by atoms with Gasteiger partial charge in [-0.2, -0.15) is 5.10 Å². The molecule has 0 fully saturated rings. The zero-order valence-electron chi connectivity index (χ0n) is 12.2. The van der Waals surface area contributed by atoms with E-state index in [1.165, 1.54) is 0 Å². The summed E-state index contributed by atoms with van der Waals surface area (Å²) >= 11 is 5.88. The molecule has 0 unspecified atom stereocenters. The maximum Gasteiger partial charge on any atom is 0.193 e. The van der Waals surface area contributed by atoms with Crippen molar-refractivity contribution in [3.63, 3.8) is 0 Å². The van der Waals surface area contributed by atoms with Crippen molar-refractivity contribution >= 4 is 41.5 Å². The van der Waals surface area contributed by atoms with Crippen molar-refractivity contribution < 1.29 is 0 Å². The van der Waals surface area contributed by atoms with Gasteiger partial charge in [-0.15, -0.1) is 24.0 Å². The first-order chi connectivity index (χ1) is 9.60. The number of aromatic nitrogens is 2. The van der Waals surface area contributed by atoms with E-state index >= 15 is 0 Å². The minimum absolute atomic E-state index is 0. The van der Waals surface area contributed by atoms with Crippen LogP contribution in [0.1, 0.15) is 5.56 Å². The number of halogens is 2. The van der Waals surface area contributed by atoms with Gasteiger partial charge in [-0.1, -0.05) is 11.6 Å². The highest BCUT2D eigenvalue weighted by molar-refractivity contribution is 14.0. The van der Waals surface area contributed by atoms with Gasteiger partial charge in [0, 0.05) is 44.5 Å². The first-order valence-corrected chi connectivity index (χ1v) is 6.65. The van der Waals surface area contributed by atoms with Crippen molar-refractivity contribution in [1.82, 2.24) is 20.0 Å². The van der Waals surface area contributed by atoms with Crippen LogP contribution in [0.3, 0.4) is 0 Å². The van der Waals surface area contributed by atoms with Crippen LogP contribution in [0.2, 0.25) is 5.02 Å². The van der Waals surface area contributed by atoms with Crippen LogP contribution in [0.25, 0.3) is 5.69 Å². The SMILES string of the molecule is CN=C(NCc1cnn(-c2ccc(Cl)cc2)c1)N(C)C.I. The lowest BCUT2D eigenvalue weighted by atomic mass is 10.3. The molecule has 7 heteroatoms. The molecule has 1 aromatic carbocycles. The number of hydrogen-bond donors (Lipinski definition) is 1. The highest BCUT2D eigenvalue weighted by Gasteiger charge is 2.03. The first kappa shape index (κ1) is 17.8. The van der Waals surface area contributed by atoms with Crippen molar-refractivity contribution in [2.45, 2.75) is 6.54 Å². The van der Waals surface area contributed by atoms with E-state index in [2.05, 4.69) is 15.4 Å². The molecule has 0 saturated carbocycles. The van der Waals surface area contributed by atoms with Gasteiger partial charge in [0.05, 0.1) is 11.9 Å². The Morgan fingerprint density at radius 1 is 1.33 bits per heavy atom. The van der Waals surface area contributed by atoms with Crippen molar-refractivity contribution in [3.8, 4) is 5.69 Å². The maximum absolute atomic E-state index is 5.88. The lowest BCUT2D eigenvalue weighted by Crippen LogP contribution is -2.35. The molecule has 21 heavy (non-hydrogen) atoms. The molecule has 0 spiro atoms. The summed E-state index contributed by atoms with van der Waals surface area (Å²) in [6.45, 7) is 0.679. The van der Waals surface area contributed by atoms with Gasteiger partial charge in [-0.3, -0.25) is 4.99 Å². The fourth-order valence-corrected chi connectivity index (χ4v) is 1.93. The lowest BCUT2D eigenvalue weighted by molar-refractivity contribution is 0.583. The number of hydrogen-bond acceptors (Lipinski definition) is 2. The highest BCUT2D eigenvalue weighted by atomic mass is 127. The van der Waals surface area contributed by atoms with Gasteiger partial charge in [0.25, 0.3) is 0 Å². The van der Waals surface area contributed by atoms with Gasteiger partial charge in [0.2, 0.25) is 0 Å². The third-order valence-corrected chi connectivity index (χ3v) is 3.07. The molecule has 1 aromatic heterocycles. The van der Waals surface area contributed by atoms with Gasteiger partial charge in [-0.05, 0) is 24.3 Å². The molecule has 2 rings (SSSR count). The van der Waals surface area contributed by atoms with E-state index in [-0.39, 0.29) is 24.0 Å². The Balaban J connectivity index is 0.00000220. The summed E-state index contributed by atoms with van der Waals surface area (Å²) in [7, 11) is 5.67. The second-order valence-electron chi connectivity index (χ2n) is 4.56. The molecule has 0 aliphatic heterocycles. The largest absolute Gasteiger partial charge is 0.352 e. The monoisotopic (exact) mass is 419 g/mol. The van der Waals surface area contributed by atoms with Crippen molar-refractivity contribution in [3.05, 3.63) is 47.2 Å². The van der Waals surface area contributed by atoms with Gasteiger partial charge in [0.15, 0.2) is 5.96 Å². The molecule has 5 nitrogen and oxygen atoms in total. The standard InChI is InChI=1S/C14H18ClN5.HI/c1-16-14(19(2)3)17-8-11-9-18-20(10-11)13-6-4-12(15)5-7-13;/h4-7,9-10H,8H2,1-3H3,(H,16,17);1H. The van der Waals surface area contributed by atoms with Crippen LogP contribution in [0.4, 0.5) is 0 Å². The minimum Gasteiger partial charge on any atom is -0.352 e. The van der Waals surface area contributed by atoms with Crippen LogP contribution in [-0.2, 0) is 6.54 Å². The number of nitrogens with zero attached hydrogens (tertiary/aromatic N) is 4. The Labute approximate surface area is 147 Å². The van der Waals surface area contributed by atoms with Crippen LogP contribution >= 0.6 is 35.6 Å². The van der Waals surface area contributed by atoms with Crippen LogP contribution in [-0.4, -0.2) is 41.8 Å². The van der Waals surface area contributed by atoms with E-state index < -0.39 is 0 Å². The van der Waals surface area contributed by atoms with E-state index in [0.717, 1.165) is 22.2 Å². The van der Waals surface area contributed by atoms with Crippen LogP contribution < -0.4 is 5.32 Å². The zero-order chi connectivity index (χ0) is 14.5. The summed E-state index contributed by atoms with van der Waals surface area (Å²) in [5, 5.41) is 8.33. The first-order valence-electron chi connectivity index (χ1n) is 6.27. The van der Waals surface area contributed by atoms with E-state index in [4.69, 9.17) is 11.6 Å². The second-order valence-corrected chi connectivity index (χ2v) is 5.00. The third kappa shape index (κ3) is 4.89. The van der Waals surface area contributed by atoms with Gasteiger partial charge >= 0.3 is 0 Å². The number of rotatable bonds is 3. The predicted octanol–water partition coefficient (Wildman–Crippen LogP) is 2.78. The molecule has 0 saturated heterocycles. The molecule has 0 bridgehead atoms. The summed E-state index contributed by atoms with van der Waals surface area (Å²) in [6, 6.07) is 7.57. The van der Waals surface area contributed by atoms with Crippen LogP contribution in [0.5, 0.6) is 0 Å². The number of benzene rings is 1. The molecule has 114 valence electrons. The van der Waals surface area contributed by atoms with Crippen molar-refractivity contribution in [1.29, 1.82) is 0 Å². The average Bonchev–Trinajstić information content (AvgIpc) is 2.89. The molecule has 0 aliphatic carbocycles. The van der Waals surface area contributed by atoms with E-state index in [1.54, 1.807) is 7.05 Å². The van der Waals surface area contributed by atoms with Crippen molar-refractivity contribution in [2.24, 2.45) is 4.99 Å². The molecule has 1 N–H and O–H groups in total. The second kappa shape index (κ2) is 8.23. The third-order valence-electron chi connectivity index (χ3n) is 2.81. The fraction of sp³-hybridized carbons (Fsp3) is 0.286. The highest BCUT2D eigenvalue weighted by Crippen LogP contribution is 2.13. The molecular formula is C14H19ClIN5. The summed E-state index contributed by atoms with van der Waals surface area (Å²) < 4.78 is 1.83. The Morgan fingerprint density at radius 3 is 2.57 bits per heavy atom. The Hall–Kier alpha value is -1.28. The van der Waals surface area contributed by atoms with Gasteiger partial charge < -0.3 is 10.2 Å². The quantitative estimate of drug-likeness (QED) is 0.473. The lowest BCUT2D eigenvalue weighted by Gasteiger charge is -2.16. The molecule has 0 radical (unpaired) electrons. The molecule has 2 aromatic rings. The number of guanidine groups is 1. The Kier molecular flexibility index (Phi) is 6.97. The van der Waals surface area contributed by atoms with Crippen LogP contribution in [0, 0.1) is 0 Å². The molecular weight excluding hydrogens is 401 g/mol. The van der Waals surface area contributed by atoms with Crippen molar-refractivity contribution in [2.75, 3.05) is 21.1 Å². The van der Waals surface area contributed by atoms with E-state index in [0.29, 0.717) is 6.54 Å².